The van der Waals surface area contributed by atoms with Gasteiger partial charge in [-0.1, -0.05) is 6.07 Å². The fraction of sp³-hybridized carbons (Fsp3) is 0.136. The molecule has 0 bridgehead atoms. The first-order valence-corrected chi connectivity index (χ1v) is 9.37. The van der Waals surface area contributed by atoms with E-state index < -0.39 is 0 Å². The minimum absolute atomic E-state index is 0.0705. The molecule has 1 N–H and O–H groups in total. The molecule has 0 spiro atoms. The molecule has 0 aliphatic heterocycles. The molecule has 158 valence electrons. The Morgan fingerprint density at radius 2 is 1.90 bits per heavy atom. The molecule has 2 aromatic carbocycles. The molecule has 0 unspecified atom stereocenters. The van der Waals surface area contributed by atoms with Gasteiger partial charge in [0.15, 0.2) is 12.3 Å². The van der Waals surface area contributed by atoms with Gasteiger partial charge >= 0.3 is 0 Å². The summed E-state index contributed by atoms with van der Waals surface area (Å²) < 4.78 is 30.3. The lowest BCUT2D eigenvalue weighted by Gasteiger charge is -2.10. The van der Waals surface area contributed by atoms with E-state index >= 15 is 0 Å². The van der Waals surface area contributed by atoms with Crippen molar-refractivity contribution in [1.29, 1.82) is 0 Å². The zero-order valence-corrected chi connectivity index (χ0v) is 16.5. The van der Waals surface area contributed by atoms with Crippen molar-refractivity contribution in [3.63, 3.8) is 0 Å². The van der Waals surface area contributed by atoms with E-state index in [4.69, 9.17) is 14.0 Å². The maximum Gasteiger partial charge on any atom is 0.287 e. The standard InChI is InChI=1S/C22H18FN3O5/c1-14-9-20-24-17(11-22(28)26(20)31-14)12-29-19-4-2-3-16(10-19)25-21(27)13-30-18-7-5-15(23)6-8-18/h2-11H,12-13H2,1H3,(H,25,27). The van der Waals surface area contributed by atoms with Crippen molar-refractivity contribution in [3.05, 3.63) is 88.3 Å². The summed E-state index contributed by atoms with van der Waals surface area (Å²) in [5, 5.41) is 2.70. The number of hydrogen-bond acceptors (Lipinski definition) is 6. The molecule has 1 amide bonds. The second kappa shape index (κ2) is 8.70. The van der Waals surface area contributed by atoms with Crippen LogP contribution in [0.25, 0.3) is 5.65 Å². The molecule has 2 heterocycles. The van der Waals surface area contributed by atoms with Crippen LogP contribution in [0.15, 0.2) is 70.0 Å². The molecule has 0 fully saturated rings. The Bertz CT molecular complexity index is 1280. The van der Waals surface area contributed by atoms with Crippen molar-refractivity contribution in [2.45, 2.75) is 13.5 Å². The van der Waals surface area contributed by atoms with E-state index in [0.717, 1.165) is 4.57 Å². The summed E-state index contributed by atoms with van der Waals surface area (Å²) in [6.07, 6.45) is 0. The Hall–Kier alpha value is -4.14. The van der Waals surface area contributed by atoms with Crippen molar-refractivity contribution in [2.24, 2.45) is 0 Å². The number of carbonyl (C=O) groups is 1. The highest BCUT2D eigenvalue weighted by Gasteiger charge is 2.08. The number of benzene rings is 2. The maximum atomic E-state index is 12.9. The normalized spacial score (nSPS) is 10.8. The summed E-state index contributed by atoms with van der Waals surface area (Å²) in [6, 6.07) is 15.2. The lowest BCUT2D eigenvalue weighted by Crippen LogP contribution is -2.20. The maximum absolute atomic E-state index is 12.9. The number of rotatable bonds is 7. The highest BCUT2D eigenvalue weighted by molar-refractivity contribution is 5.92. The number of ether oxygens (including phenoxy) is 2. The number of nitrogens with zero attached hydrogens (tertiary/aromatic N) is 2. The SMILES string of the molecule is Cc1cc2nc(COc3cccc(NC(=O)COc4ccc(F)cc4)c3)cc(=O)n2o1. The Balaban J connectivity index is 1.35. The predicted octanol–water partition coefficient (Wildman–Crippen LogP) is 3.33. The van der Waals surface area contributed by atoms with E-state index in [1.54, 1.807) is 37.3 Å². The summed E-state index contributed by atoms with van der Waals surface area (Å²) in [5.41, 5.74) is 1.04. The van der Waals surface area contributed by atoms with E-state index in [9.17, 15) is 14.0 Å². The molecule has 9 heteroatoms. The van der Waals surface area contributed by atoms with E-state index in [-0.39, 0.29) is 30.5 Å². The van der Waals surface area contributed by atoms with Crippen molar-refractivity contribution in [3.8, 4) is 11.5 Å². The van der Waals surface area contributed by atoms with Crippen molar-refractivity contribution in [1.82, 2.24) is 9.56 Å². The van der Waals surface area contributed by atoms with Gasteiger partial charge in [0, 0.05) is 23.9 Å². The molecule has 2 aromatic heterocycles. The second-order valence-electron chi connectivity index (χ2n) is 6.69. The molecule has 0 saturated carbocycles. The average molecular weight is 423 g/mol. The van der Waals surface area contributed by atoms with Gasteiger partial charge in [0.1, 0.15) is 29.7 Å². The number of anilines is 1. The number of nitrogens with one attached hydrogen (secondary N) is 1. The highest BCUT2D eigenvalue weighted by atomic mass is 19.1. The van der Waals surface area contributed by atoms with Gasteiger partial charge in [0.05, 0.1) is 5.69 Å². The smallest absolute Gasteiger partial charge is 0.287 e. The first-order valence-electron chi connectivity index (χ1n) is 9.37. The van der Waals surface area contributed by atoms with Crippen LogP contribution in [0, 0.1) is 12.7 Å². The minimum Gasteiger partial charge on any atom is -0.487 e. The fourth-order valence-electron chi connectivity index (χ4n) is 2.85. The van der Waals surface area contributed by atoms with Gasteiger partial charge in [-0.2, -0.15) is 0 Å². The van der Waals surface area contributed by atoms with Crippen LogP contribution in [0.5, 0.6) is 11.5 Å². The Morgan fingerprint density at radius 3 is 2.71 bits per heavy atom. The van der Waals surface area contributed by atoms with Crippen LogP contribution in [0.3, 0.4) is 0 Å². The van der Waals surface area contributed by atoms with E-state index in [1.807, 2.05) is 0 Å². The van der Waals surface area contributed by atoms with Gasteiger partial charge in [0.2, 0.25) is 0 Å². The van der Waals surface area contributed by atoms with Crippen LogP contribution >= 0.6 is 0 Å². The van der Waals surface area contributed by atoms with Gasteiger partial charge < -0.3 is 19.3 Å². The zero-order chi connectivity index (χ0) is 21.8. The van der Waals surface area contributed by atoms with Crippen molar-refractivity contribution in [2.75, 3.05) is 11.9 Å². The molecule has 0 atom stereocenters. The molecule has 0 aliphatic rings. The molecule has 31 heavy (non-hydrogen) atoms. The summed E-state index contributed by atoms with van der Waals surface area (Å²) in [5.74, 6) is 0.699. The Labute approximate surface area is 175 Å². The highest BCUT2D eigenvalue weighted by Crippen LogP contribution is 2.19. The molecule has 4 rings (SSSR count). The third-order valence-electron chi connectivity index (χ3n) is 4.21. The third-order valence-corrected chi connectivity index (χ3v) is 4.21. The fourth-order valence-corrected chi connectivity index (χ4v) is 2.85. The van der Waals surface area contributed by atoms with Crippen LogP contribution in [-0.4, -0.2) is 22.1 Å². The van der Waals surface area contributed by atoms with Gasteiger partial charge in [-0.05, 0) is 43.3 Å². The minimum atomic E-state index is -0.381. The van der Waals surface area contributed by atoms with Crippen molar-refractivity contribution < 1.29 is 23.2 Å². The van der Waals surface area contributed by atoms with Gasteiger partial charge in [-0.25, -0.2) is 9.37 Å². The Morgan fingerprint density at radius 1 is 1.10 bits per heavy atom. The number of carbonyl (C=O) groups excluding carboxylic acids is 1. The number of aryl methyl sites for hydroxylation is 1. The summed E-state index contributed by atoms with van der Waals surface area (Å²) in [7, 11) is 0. The first kappa shape index (κ1) is 20.1. The lowest BCUT2D eigenvalue weighted by atomic mass is 10.3. The topological polar surface area (TPSA) is 95.1 Å². The third kappa shape index (κ3) is 5.08. The number of hydrogen-bond donors (Lipinski definition) is 1. The number of halogens is 1. The number of amides is 1. The van der Waals surface area contributed by atoms with Gasteiger partial charge in [0.25, 0.3) is 11.5 Å². The zero-order valence-electron chi connectivity index (χ0n) is 16.5. The molecule has 0 saturated heterocycles. The quantitative estimate of drug-likeness (QED) is 0.490. The first-order chi connectivity index (χ1) is 15.0. The number of aromatic nitrogens is 2. The van der Waals surface area contributed by atoms with Crippen molar-refractivity contribution >= 4 is 17.2 Å². The van der Waals surface area contributed by atoms with Gasteiger partial charge in [-0.3, -0.25) is 9.59 Å². The van der Waals surface area contributed by atoms with E-state index in [0.29, 0.717) is 34.3 Å². The Kier molecular flexibility index (Phi) is 5.65. The lowest BCUT2D eigenvalue weighted by molar-refractivity contribution is -0.118. The number of fused-ring (bicyclic) bond motifs is 1. The molecule has 0 radical (unpaired) electrons. The van der Waals surface area contributed by atoms with Crippen LogP contribution in [-0.2, 0) is 11.4 Å². The van der Waals surface area contributed by atoms with E-state index in [2.05, 4.69) is 10.3 Å². The summed E-state index contributed by atoms with van der Waals surface area (Å²) >= 11 is 0. The average Bonchev–Trinajstić information content (AvgIpc) is 3.13. The molecule has 0 aliphatic carbocycles. The van der Waals surface area contributed by atoms with Crippen LogP contribution in [0.2, 0.25) is 0 Å². The summed E-state index contributed by atoms with van der Waals surface area (Å²) in [6.45, 7) is 1.57. The monoisotopic (exact) mass is 423 g/mol. The molecule has 8 nitrogen and oxygen atoms in total. The summed E-state index contributed by atoms with van der Waals surface area (Å²) in [4.78, 5) is 28.5. The predicted molar refractivity (Wildman–Crippen MR) is 110 cm³/mol. The second-order valence-corrected chi connectivity index (χ2v) is 6.69. The van der Waals surface area contributed by atoms with Crippen LogP contribution in [0.1, 0.15) is 11.5 Å². The van der Waals surface area contributed by atoms with E-state index in [1.165, 1.54) is 30.3 Å². The largest absolute Gasteiger partial charge is 0.487 e. The van der Waals surface area contributed by atoms with Crippen LogP contribution < -0.4 is 20.3 Å². The molecular formula is C22H18FN3O5. The van der Waals surface area contributed by atoms with Crippen LogP contribution in [0.4, 0.5) is 10.1 Å². The molecule has 4 aromatic rings. The van der Waals surface area contributed by atoms with Gasteiger partial charge in [-0.15, -0.1) is 4.57 Å². The molecular weight excluding hydrogens is 405 g/mol.